The van der Waals surface area contributed by atoms with Gasteiger partial charge in [-0.1, -0.05) is 19.9 Å². The van der Waals surface area contributed by atoms with Crippen molar-refractivity contribution < 1.29 is 13.3 Å². The number of pyridine rings is 1. The van der Waals surface area contributed by atoms with E-state index < -0.39 is 11.6 Å². The van der Waals surface area contributed by atoms with Crippen LogP contribution in [0, 0.1) is 11.6 Å². The van der Waals surface area contributed by atoms with E-state index in [1.807, 2.05) is 24.4 Å². The molecule has 0 amide bonds. The van der Waals surface area contributed by atoms with Crippen LogP contribution in [-0.4, -0.2) is 0 Å². The Labute approximate surface area is 128 Å². The molecule has 2 aromatic rings. The summed E-state index contributed by atoms with van der Waals surface area (Å²) in [5, 5.41) is 0. The van der Waals surface area contributed by atoms with Crippen molar-refractivity contribution in [2.45, 2.75) is 37.6 Å². The van der Waals surface area contributed by atoms with Crippen molar-refractivity contribution in [3.8, 4) is 11.3 Å². The van der Waals surface area contributed by atoms with Gasteiger partial charge in [-0.15, -0.1) is 0 Å². The Morgan fingerprint density at radius 2 is 1.86 bits per heavy atom. The van der Waals surface area contributed by atoms with Crippen LogP contribution in [0.3, 0.4) is 0 Å². The summed E-state index contributed by atoms with van der Waals surface area (Å²) in [7, 11) is 0. The molecule has 112 valence electrons. The molecule has 1 nitrogen and oxygen atoms in total. The number of nitrogens with zero attached hydrogens (tertiary/aromatic N) is 1. The van der Waals surface area contributed by atoms with E-state index in [-0.39, 0.29) is 11.0 Å². The van der Waals surface area contributed by atoms with Crippen LogP contribution in [0.25, 0.3) is 11.3 Å². The number of halogens is 2. The van der Waals surface area contributed by atoms with Gasteiger partial charge in [-0.25, -0.2) is 8.78 Å². The highest BCUT2D eigenvalue weighted by Gasteiger charge is 2.64. The van der Waals surface area contributed by atoms with Gasteiger partial charge < -0.3 is 0 Å². The summed E-state index contributed by atoms with van der Waals surface area (Å²) in [6.45, 7) is 4.23. The second-order valence-corrected chi connectivity index (χ2v) is 6.20. The molecule has 2 atom stereocenters. The summed E-state index contributed by atoms with van der Waals surface area (Å²) >= 11 is 0. The van der Waals surface area contributed by atoms with Crippen molar-refractivity contribution in [3.05, 3.63) is 65.9 Å². The van der Waals surface area contributed by atoms with E-state index >= 15 is 0 Å². The molecule has 0 fully saturated rings. The van der Waals surface area contributed by atoms with E-state index in [4.69, 9.17) is 0 Å². The maximum absolute atomic E-state index is 14.6. The summed E-state index contributed by atoms with van der Waals surface area (Å²) in [5.74, 6) is -0.980. The molecule has 4 rings (SSSR count). The van der Waals surface area contributed by atoms with Gasteiger partial charge in [0.1, 0.15) is 11.6 Å². The van der Waals surface area contributed by atoms with E-state index in [1.54, 1.807) is 0 Å². The zero-order valence-corrected chi connectivity index (χ0v) is 12.7. The average Bonchev–Trinajstić information content (AvgIpc) is 2.48. The van der Waals surface area contributed by atoms with Gasteiger partial charge in [0.15, 0.2) is 11.7 Å². The van der Waals surface area contributed by atoms with Crippen molar-refractivity contribution >= 4 is 0 Å². The van der Waals surface area contributed by atoms with E-state index in [0.717, 1.165) is 30.2 Å². The van der Waals surface area contributed by atoms with Gasteiger partial charge in [0.2, 0.25) is 5.69 Å². The first-order valence-corrected chi connectivity index (χ1v) is 7.81. The largest absolute Gasteiger partial charge is 0.216 e. The molecule has 0 radical (unpaired) electrons. The zero-order valence-electron chi connectivity index (χ0n) is 12.7. The lowest BCUT2D eigenvalue weighted by atomic mass is 9.52. The predicted molar refractivity (Wildman–Crippen MR) is 81.4 cm³/mol. The molecule has 1 aliphatic heterocycles. The smallest absolute Gasteiger partial charge is 0.207 e. The van der Waals surface area contributed by atoms with Crippen LogP contribution < -0.4 is 4.57 Å². The van der Waals surface area contributed by atoms with Gasteiger partial charge in [0, 0.05) is 24.6 Å². The van der Waals surface area contributed by atoms with Crippen LogP contribution in [0.1, 0.15) is 32.3 Å². The summed E-state index contributed by atoms with van der Waals surface area (Å²) < 4.78 is 30.7. The first-order valence-electron chi connectivity index (χ1n) is 7.81. The normalized spacial score (nSPS) is 27.6. The van der Waals surface area contributed by atoms with Crippen molar-refractivity contribution in [1.29, 1.82) is 0 Å². The lowest BCUT2D eigenvalue weighted by molar-refractivity contribution is -0.759. The number of benzene rings is 1. The maximum Gasteiger partial charge on any atom is 0.216 e. The summed E-state index contributed by atoms with van der Waals surface area (Å²) in [6, 6.07) is 8.30. The van der Waals surface area contributed by atoms with Crippen LogP contribution in [0.15, 0.2) is 48.7 Å². The minimum absolute atomic E-state index is 0.231. The fraction of sp³-hybridized carbons (Fsp3) is 0.316. The molecule has 0 N–H and O–H groups in total. The Morgan fingerprint density at radius 1 is 1.05 bits per heavy atom. The third-order valence-electron chi connectivity index (χ3n) is 5.59. The van der Waals surface area contributed by atoms with Gasteiger partial charge in [0.05, 0.1) is 11.0 Å². The topological polar surface area (TPSA) is 3.88 Å². The molecule has 0 saturated heterocycles. The van der Waals surface area contributed by atoms with Crippen molar-refractivity contribution in [2.24, 2.45) is 0 Å². The quantitative estimate of drug-likeness (QED) is 0.576. The Bertz CT molecular complexity index is 811. The molecule has 0 saturated carbocycles. The highest BCUT2D eigenvalue weighted by molar-refractivity contribution is 5.69. The Kier molecular flexibility index (Phi) is 2.63. The third-order valence-corrected chi connectivity index (χ3v) is 5.59. The van der Waals surface area contributed by atoms with Crippen LogP contribution in [0.2, 0.25) is 0 Å². The molecule has 0 bridgehead atoms. The molecule has 1 aromatic carbocycles. The second kappa shape index (κ2) is 4.25. The molecule has 2 heterocycles. The van der Waals surface area contributed by atoms with Gasteiger partial charge in [-0.2, -0.15) is 4.57 Å². The van der Waals surface area contributed by atoms with Crippen molar-refractivity contribution in [3.63, 3.8) is 0 Å². The Balaban J connectivity index is 2.18. The molecule has 2 aliphatic rings. The molecule has 3 heteroatoms. The Morgan fingerprint density at radius 3 is 2.50 bits per heavy atom. The molecular formula is C19H18F2N+. The number of allylic oxidation sites excluding steroid dienone is 2. The maximum atomic E-state index is 14.6. The molecular weight excluding hydrogens is 280 g/mol. The minimum Gasteiger partial charge on any atom is -0.207 e. The van der Waals surface area contributed by atoms with Gasteiger partial charge in [-0.3, -0.25) is 0 Å². The van der Waals surface area contributed by atoms with Gasteiger partial charge in [-0.05, 0) is 30.2 Å². The SMILES string of the molecule is CCC12C=CC1(CC)[n+]1ccccc1-c1c(F)cc(F)cc12. The number of hydrogen-bond acceptors (Lipinski definition) is 0. The average molecular weight is 298 g/mol. The molecule has 1 aliphatic carbocycles. The molecule has 2 unspecified atom stereocenters. The van der Waals surface area contributed by atoms with Crippen LogP contribution >= 0.6 is 0 Å². The van der Waals surface area contributed by atoms with Crippen molar-refractivity contribution in [1.82, 2.24) is 0 Å². The number of hydrogen-bond donors (Lipinski definition) is 0. The number of aromatic nitrogens is 1. The van der Waals surface area contributed by atoms with Gasteiger partial charge in [0.25, 0.3) is 0 Å². The first-order chi connectivity index (χ1) is 10.6. The molecule has 0 spiro atoms. The number of rotatable bonds is 2. The Hall–Kier alpha value is -2.03. The van der Waals surface area contributed by atoms with E-state index in [9.17, 15) is 8.78 Å². The van der Waals surface area contributed by atoms with E-state index in [1.165, 1.54) is 6.07 Å². The monoisotopic (exact) mass is 298 g/mol. The van der Waals surface area contributed by atoms with Crippen LogP contribution in [0.4, 0.5) is 8.78 Å². The lowest BCUT2D eigenvalue weighted by Crippen LogP contribution is -2.72. The van der Waals surface area contributed by atoms with Crippen LogP contribution in [0.5, 0.6) is 0 Å². The van der Waals surface area contributed by atoms with Crippen molar-refractivity contribution in [2.75, 3.05) is 0 Å². The predicted octanol–water partition coefficient (Wildman–Crippen LogP) is 4.26. The fourth-order valence-corrected chi connectivity index (χ4v) is 4.49. The van der Waals surface area contributed by atoms with Gasteiger partial charge >= 0.3 is 0 Å². The lowest BCUT2D eigenvalue weighted by Gasteiger charge is -2.52. The van der Waals surface area contributed by atoms with Crippen LogP contribution in [-0.2, 0) is 11.0 Å². The third kappa shape index (κ3) is 1.31. The highest BCUT2D eigenvalue weighted by atomic mass is 19.1. The second-order valence-electron chi connectivity index (χ2n) is 6.20. The standard InChI is InChI=1S/C19H18F2N/c1-3-18-8-9-19(18,4-2)22-10-6-5-7-16(22)17-14(18)11-13(20)12-15(17)21/h5-12H,3-4H2,1-2H3/q+1. The summed E-state index contributed by atoms with van der Waals surface area (Å²) in [6.07, 6.45) is 8.02. The number of fused-ring (bicyclic) bond motifs is 6. The summed E-state index contributed by atoms with van der Waals surface area (Å²) in [5.41, 5.74) is 1.58. The first kappa shape index (κ1) is 13.6. The van der Waals surface area contributed by atoms with E-state index in [0.29, 0.717) is 5.56 Å². The zero-order chi connectivity index (χ0) is 15.5. The summed E-state index contributed by atoms with van der Waals surface area (Å²) in [4.78, 5) is 0. The molecule has 1 aromatic heterocycles. The fourth-order valence-electron chi connectivity index (χ4n) is 4.49. The highest BCUT2D eigenvalue weighted by Crippen LogP contribution is 2.57. The van der Waals surface area contributed by atoms with E-state index in [2.05, 4.69) is 30.6 Å². The molecule has 22 heavy (non-hydrogen) atoms. The minimum atomic E-state index is -0.501.